The summed E-state index contributed by atoms with van der Waals surface area (Å²) in [4.78, 5) is 2.50. The van der Waals surface area contributed by atoms with Crippen LogP contribution in [0.25, 0.3) is 0 Å². The maximum absolute atomic E-state index is 10.6. The van der Waals surface area contributed by atoms with E-state index in [1.54, 1.807) is 0 Å². The average molecular weight is 211 g/mol. The van der Waals surface area contributed by atoms with E-state index in [2.05, 4.69) is 11.8 Å². The van der Waals surface area contributed by atoms with Crippen molar-refractivity contribution in [2.75, 3.05) is 19.6 Å². The lowest BCUT2D eigenvalue weighted by molar-refractivity contribution is -0.0684. The fourth-order valence-electron chi connectivity index (χ4n) is 3.36. The van der Waals surface area contributed by atoms with Gasteiger partial charge in [0.25, 0.3) is 0 Å². The van der Waals surface area contributed by atoms with E-state index >= 15 is 0 Å². The maximum Gasteiger partial charge on any atom is 0.0676 e. The molecule has 2 aliphatic rings. The van der Waals surface area contributed by atoms with Crippen molar-refractivity contribution in [3.63, 3.8) is 0 Å². The van der Waals surface area contributed by atoms with Crippen LogP contribution >= 0.6 is 0 Å². The number of piperidine rings is 1. The Kier molecular flexibility index (Phi) is 3.68. The summed E-state index contributed by atoms with van der Waals surface area (Å²) in [7, 11) is 0. The van der Waals surface area contributed by atoms with E-state index in [-0.39, 0.29) is 5.60 Å². The van der Waals surface area contributed by atoms with Crippen molar-refractivity contribution >= 4 is 0 Å². The molecule has 0 spiro atoms. The Labute approximate surface area is 93.7 Å². The van der Waals surface area contributed by atoms with E-state index in [4.69, 9.17) is 0 Å². The second kappa shape index (κ2) is 4.84. The van der Waals surface area contributed by atoms with E-state index in [1.807, 2.05) is 0 Å². The molecule has 0 aromatic carbocycles. The average Bonchev–Trinajstić information content (AvgIpc) is 2.30. The predicted molar refractivity (Wildman–Crippen MR) is 62.9 cm³/mol. The fourth-order valence-corrected chi connectivity index (χ4v) is 3.36. The van der Waals surface area contributed by atoms with Gasteiger partial charge in [0.15, 0.2) is 0 Å². The van der Waals surface area contributed by atoms with Crippen LogP contribution in [0.1, 0.15) is 51.9 Å². The van der Waals surface area contributed by atoms with Crippen LogP contribution in [0.3, 0.4) is 0 Å². The van der Waals surface area contributed by atoms with E-state index < -0.39 is 0 Å². The molecule has 0 radical (unpaired) electrons. The van der Waals surface area contributed by atoms with Gasteiger partial charge >= 0.3 is 0 Å². The molecule has 0 aromatic heterocycles. The van der Waals surface area contributed by atoms with Crippen molar-refractivity contribution in [3.8, 4) is 0 Å². The molecular formula is C13H25NO. The third-order valence-electron chi connectivity index (χ3n) is 4.51. The number of hydrogen-bond acceptors (Lipinski definition) is 2. The highest BCUT2D eigenvalue weighted by Crippen LogP contribution is 2.39. The third kappa shape index (κ3) is 2.54. The van der Waals surface area contributed by atoms with Gasteiger partial charge in [-0.3, -0.25) is 0 Å². The van der Waals surface area contributed by atoms with Crippen LogP contribution in [-0.2, 0) is 0 Å². The van der Waals surface area contributed by atoms with Gasteiger partial charge in [0.1, 0.15) is 0 Å². The minimum Gasteiger partial charge on any atom is -0.390 e. The molecule has 15 heavy (non-hydrogen) atoms. The molecular weight excluding hydrogens is 186 g/mol. The third-order valence-corrected chi connectivity index (χ3v) is 4.51. The molecule has 2 rings (SSSR count). The minimum absolute atomic E-state index is 0.294. The Morgan fingerprint density at radius 2 is 1.73 bits per heavy atom. The molecule has 88 valence electrons. The Bertz CT molecular complexity index is 191. The normalized spacial score (nSPS) is 29.2. The quantitative estimate of drug-likeness (QED) is 0.758. The second-order valence-corrected chi connectivity index (χ2v) is 5.37. The van der Waals surface area contributed by atoms with E-state index in [1.165, 1.54) is 51.7 Å². The summed E-state index contributed by atoms with van der Waals surface area (Å²) in [6, 6.07) is 0. The van der Waals surface area contributed by atoms with Crippen LogP contribution in [0.15, 0.2) is 0 Å². The van der Waals surface area contributed by atoms with Crippen molar-refractivity contribution in [2.24, 2.45) is 5.92 Å². The van der Waals surface area contributed by atoms with Crippen LogP contribution in [-0.4, -0.2) is 35.2 Å². The number of hydrogen-bond donors (Lipinski definition) is 1. The van der Waals surface area contributed by atoms with Crippen LogP contribution in [0.5, 0.6) is 0 Å². The summed E-state index contributed by atoms with van der Waals surface area (Å²) in [5.74, 6) is 0.584. The van der Waals surface area contributed by atoms with Gasteiger partial charge < -0.3 is 10.0 Å². The highest BCUT2D eigenvalue weighted by Gasteiger charge is 2.38. The van der Waals surface area contributed by atoms with Gasteiger partial charge in [-0.25, -0.2) is 0 Å². The zero-order valence-electron chi connectivity index (χ0n) is 10.0. The Morgan fingerprint density at radius 3 is 2.27 bits per heavy atom. The van der Waals surface area contributed by atoms with Gasteiger partial charge in [-0.2, -0.15) is 0 Å². The van der Waals surface area contributed by atoms with E-state index in [0.29, 0.717) is 5.92 Å². The molecule has 1 saturated carbocycles. The van der Waals surface area contributed by atoms with Crippen LogP contribution in [0, 0.1) is 5.92 Å². The molecule has 2 heteroatoms. The van der Waals surface area contributed by atoms with Gasteiger partial charge in [0.05, 0.1) is 5.60 Å². The summed E-state index contributed by atoms with van der Waals surface area (Å²) in [5.41, 5.74) is -0.294. The second-order valence-electron chi connectivity index (χ2n) is 5.37. The molecule has 1 aliphatic heterocycles. The van der Waals surface area contributed by atoms with Gasteiger partial charge in [-0.05, 0) is 51.2 Å². The minimum atomic E-state index is -0.294. The number of nitrogens with zero attached hydrogens (tertiary/aromatic N) is 1. The summed E-state index contributed by atoms with van der Waals surface area (Å²) in [6.07, 6.45) is 8.35. The van der Waals surface area contributed by atoms with E-state index in [9.17, 15) is 5.11 Å². The van der Waals surface area contributed by atoms with Gasteiger partial charge in [-0.1, -0.05) is 26.2 Å². The summed E-state index contributed by atoms with van der Waals surface area (Å²) in [6.45, 7) is 5.80. The molecule has 0 aromatic rings. The zero-order valence-corrected chi connectivity index (χ0v) is 10.0. The molecule has 1 saturated heterocycles. The number of rotatable bonds is 2. The number of likely N-dealkylation sites (tertiary alicyclic amines) is 1. The lowest BCUT2D eigenvalue weighted by Gasteiger charge is -2.43. The largest absolute Gasteiger partial charge is 0.390 e. The molecule has 1 heterocycles. The molecule has 0 bridgehead atoms. The van der Waals surface area contributed by atoms with E-state index in [0.717, 1.165) is 12.8 Å². The Morgan fingerprint density at radius 1 is 1.13 bits per heavy atom. The molecule has 1 aliphatic carbocycles. The van der Waals surface area contributed by atoms with Gasteiger partial charge in [-0.15, -0.1) is 0 Å². The summed E-state index contributed by atoms with van der Waals surface area (Å²) < 4.78 is 0. The zero-order chi connectivity index (χ0) is 10.7. The fraction of sp³-hybridized carbons (Fsp3) is 1.00. The van der Waals surface area contributed by atoms with Crippen molar-refractivity contribution in [1.29, 1.82) is 0 Å². The highest BCUT2D eigenvalue weighted by atomic mass is 16.3. The van der Waals surface area contributed by atoms with Crippen molar-refractivity contribution in [1.82, 2.24) is 4.90 Å². The molecule has 2 nitrogen and oxygen atoms in total. The SMILES string of the molecule is CCN1CCC(C2(O)CCCCC2)CC1. The van der Waals surface area contributed by atoms with Crippen LogP contribution < -0.4 is 0 Å². The van der Waals surface area contributed by atoms with Crippen molar-refractivity contribution in [3.05, 3.63) is 0 Å². The summed E-state index contributed by atoms with van der Waals surface area (Å²) >= 11 is 0. The molecule has 0 unspecified atom stereocenters. The molecule has 0 amide bonds. The first kappa shape index (κ1) is 11.4. The van der Waals surface area contributed by atoms with Gasteiger partial charge in [0.2, 0.25) is 0 Å². The van der Waals surface area contributed by atoms with Crippen LogP contribution in [0.2, 0.25) is 0 Å². The molecule has 0 atom stereocenters. The summed E-state index contributed by atoms with van der Waals surface area (Å²) in [5, 5.41) is 10.6. The standard InChI is InChI=1S/C13H25NO/c1-2-14-10-6-12(7-11-14)13(15)8-4-3-5-9-13/h12,15H,2-11H2,1H3. The first-order chi connectivity index (χ1) is 7.24. The van der Waals surface area contributed by atoms with Crippen molar-refractivity contribution < 1.29 is 5.11 Å². The maximum atomic E-state index is 10.6. The first-order valence-corrected chi connectivity index (χ1v) is 6.69. The molecule has 2 fully saturated rings. The lowest BCUT2D eigenvalue weighted by atomic mass is 9.72. The Balaban J connectivity index is 1.88. The smallest absolute Gasteiger partial charge is 0.0676 e. The first-order valence-electron chi connectivity index (χ1n) is 6.69. The monoisotopic (exact) mass is 211 g/mol. The van der Waals surface area contributed by atoms with Crippen LogP contribution in [0.4, 0.5) is 0 Å². The number of aliphatic hydroxyl groups is 1. The lowest BCUT2D eigenvalue weighted by Crippen LogP contribution is -2.46. The van der Waals surface area contributed by atoms with Gasteiger partial charge in [0, 0.05) is 0 Å². The van der Waals surface area contributed by atoms with Crippen molar-refractivity contribution in [2.45, 2.75) is 57.5 Å². The molecule has 1 N–H and O–H groups in total. The topological polar surface area (TPSA) is 23.5 Å². The Hall–Kier alpha value is -0.0800. The predicted octanol–water partition coefficient (Wildman–Crippen LogP) is 2.41. The highest BCUT2D eigenvalue weighted by molar-refractivity contribution is 4.91.